The fraction of sp³-hybridized carbons (Fsp3) is 0.385. The zero-order valence-corrected chi connectivity index (χ0v) is 11.4. The van der Waals surface area contributed by atoms with Crippen LogP contribution in [0, 0.1) is 13.8 Å². The summed E-state index contributed by atoms with van der Waals surface area (Å²) in [4.78, 5) is 3.77. The van der Waals surface area contributed by atoms with Crippen LogP contribution in [0.15, 0.2) is 18.3 Å². The van der Waals surface area contributed by atoms with Crippen molar-refractivity contribution in [3.05, 3.63) is 40.8 Å². The SMILES string of the molecule is Cc1nn(C)c(C)c1CNc1ccc(C(F)(F)F)cn1. The third-order valence-electron chi connectivity index (χ3n) is 3.20. The van der Waals surface area contributed by atoms with Gasteiger partial charge in [0.2, 0.25) is 0 Å². The lowest BCUT2D eigenvalue weighted by atomic mass is 10.2. The Balaban J connectivity index is 2.08. The largest absolute Gasteiger partial charge is 0.417 e. The molecule has 4 nitrogen and oxygen atoms in total. The van der Waals surface area contributed by atoms with Crippen LogP contribution in [0.1, 0.15) is 22.5 Å². The lowest BCUT2D eigenvalue weighted by molar-refractivity contribution is -0.137. The van der Waals surface area contributed by atoms with Crippen molar-refractivity contribution in [2.45, 2.75) is 26.6 Å². The van der Waals surface area contributed by atoms with Crippen molar-refractivity contribution >= 4 is 5.82 Å². The molecule has 0 aliphatic rings. The van der Waals surface area contributed by atoms with Crippen LogP contribution in [-0.2, 0) is 19.8 Å². The van der Waals surface area contributed by atoms with Crippen LogP contribution in [0.3, 0.4) is 0 Å². The molecule has 0 saturated heterocycles. The number of hydrogen-bond acceptors (Lipinski definition) is 3. The van der Waals surface area contributed by atoms with E-state index in [1.54, 1.807) is 4.68 Å². The Labute approximate surface area is 114 Å². The van der Waals surface area contributed by atoms with Gasteiger partial charge < -0.3 is 5.32 Å². The number of anilines is 1. The van der Waals surface area contributed by atoms with Gasteiger partial charge in [-0.25, -0.2) is 4.98 Å². The van der Waals surface area contributed by atoms with E-state index in [0.29, 0.717) is 12.4 Å². The predicted octanol–water partition coefficient (Wildman–Crippen LogP) is 3.06. The van der Waals surface area contributed by atoms with Crippen LogP contribution in [0.25, 0.3) is 0 Å². The molecule has 2 rings (SSSR count). The van der Waals surface area contributed by atoms with Gasteiger partial charge in [-0.3, -0.25) is 4.68 Å². The number of hydrogen-bond donors (Lipinski definition) is 1. The first-order valence-corrected chi connectivity index (χ1v) is 6.05. The first kappa shape index (κ1) is 14.4. The van der Waals surface area contributed by atoms with Crippen molar-refractivity contribution in [1.82, 2.24) is 14.8 Å². The maximum atomic E-state index is 12.4. The van der Waals surface area contributed by atoms with Gasteiger partial charge in [-0.05, 0) is 26.0 Å². The number of rotatable bonds is 3. The molecule has 0 spiro atoms. The Bertz CT molecular complexity index is 599. The van der Waals surface area contributed by atoms with Gasteiger partial charge in [0, 0.05) is 31.0 Å². The second kappa shape index (κ2) is 5.15. The molecule has 20 heavy (non-hydrogen) atoms. The van der Waals surface area contributed by atoms with Crippen LogP contribution in [0.4, 0.5) is 19.0 Å². The number of aryl methyl sites for hydroxylation is 2. The van der Waals surface area contributed by atoms with Crippen molar-refractivity contribution in [2.75, 3.05) is 5.32 Å². The summed E-state index contributed by atoms with van der Waals surface area (Å²) in [6, 6.07) is 2.34. The monoisotopic (exact) mass is 284 g/mol. The van der Waals surface area contributed by atoms with Gasteiger partial charge in [0.05, 0.1) is 11.3 Å². The highest BCUT2D eigenvalue weighted by molar-refractivity contribution is 5.38. The molecular weight excluding hydrogens is 269 g/mol. The summed E-state index contributed by atoms with van der Waals surface area (Å²) in [6.07, 6.45) is -3.53. The zero-order valence-electron chi connectivity index (χ0n) is 11.4. The minimum atomic E-state index is -4.36. The first-order chi connectivity index (χ1) is 9.29. The third kappa shape index (κ3) is 2.92. The van der Waals surface area contributed by atoms with E-state index in [9.17, 15) is 13.2 Å². The number of halogens is 3. The lowest BCUT2D eigenvalue weighted by Crippen LogP contribution is -2.07. The van der Waals surface area contributed by atoms with Crippen molar-refractivity contribution in [3.63, 3.8) is 0 Å². The van der Waals surface area contributed by atoms with Gasteiger partial charge in [0.15, 0.2) is 0 Å². The van der Waals surface area contributed by atoms with Gasteiger partial charge in [-0.1, -0.05) is 0 Å². The molecular formula is C13H15F3N4. The summed E-state index contributed by atoms with van der Waals surface area (Å²) in [5.41, 5.74) is 2.18. The van der Waals surface area contributed by atoms with Gasteiger partial charge in [-0.2, -0.15) is 18.3 Å². The van der Waals surface area contributed by atoms with E-state index in [-0.39, 0.29) is 0 Å². The average molecular weight is 284 g/mol. The Morgan fingerprint density at radius 1 is 1.25 bits per heavy atom. The van der Waals surface area contributed by atoms with E-state index in [2.05, 4.69) is 15.4 Å². The molecule has 2 heterocycles. The fourth-order valence-corrected chi connectivity index (χ4v) is 1.92. The smallest absolute Gasteiger partial charge is 0.366 e. The molecule has 0 aliphatic carbocycles. The second-order valence-electron chi connectivity index (χ2n) is 4.56. The summed E-state index contributed by atoms with van der Waals surface area (Å²) in [6.45, 7) is 4.31. The maximum Gasteiger partial charge on any atom is 0.417 e. The summed E-state index contributed by atoms with van der Waals surface area (Å²) >= 11 is 0. The summed E-state index contributed by atoms with van der Waals surface area (Å²) in [5, 5.41) is 7.28. The van der Waals surface area contributed by atoms with Gasteiger partial charge in [0.25, 0.3) is 0 Å². The highest BCUT2D eigenvalue weighted by Crippen LogP contribution is 2.28. The van der Waals surface area contributed by atoms with E-state index >= 15 is 0 Å². The van der Waals surface area contributed by atoms with E-state index in [1.165, 1.54) is 6.07 Å². The summed E-state index contributed by atoms with van der Waals surface area (Å²) in [7, 11) is 1.85. The molecule has 0 radical (unpaired) electrons. The van der Waals surface area contributed by atoms with Crippen LogP contribution < -0.4 is 5.32 Å². The minimum Gasteiger partial charge on any atom is -0.366 e. The average Bonchev–Trinajstić information content (AvgIpc) is 2.61. The van der Waals surface area contributed by atoms with E-state index in [4.69, 9.17) is 0 Å². The molecule has 0 amide bonds. The number of nitrogens with one attached hydrogen (secondary N) is 1. The normalized spacial score (nSPS) is 11.7. The maximum absolute atomic E-state index is 12.4. The topological polar surface area (TPSA) is 42.7 Å². The molecule has 0 unspecified atom stereocenters. The molecule has 0 aromatic carbocycles. The fourth-order valence-electron chi connectivity index (χ4n) is 1.92. The van der Waals surface area contributed by atoms with Crippen LogP contribution in [0.5, 0.6) is 0 Å². The zero-order chi connectivity index (χ0) is 14.9. The molecule has 2 aromatic heterocycles. The van der Waals surface area contributed by atoms with Gasteiger partial charge >= 0.3 is 6.18 Å². The van der Waals surface area contributed by atoms with Gasteiger partial charge in [-0.15, -0.1) is 0 Å². The summed E-state index contributed by atoms with van der Waals surface area (Å²) < 4.78 is 39.0. The number of alkyl halides is 3. The number of aromatic nitrogens is 3. The Kier molecular flexibility index (Phi) is 3.69. The van der Waals surface area contributed by atoms with E-state index < -0.39 is 11.7 Å². The second-order valence-corrected chi connectivity index (χ2v) is 4.56. The predicted molar refractivity (Wildman–Crippen MR) is 69.2 cm³/mol. The van der Waals surface area contributed by atoms with Crippen LogP contribution >= 0.6 is 0 Å². The molecule has 2 aromatic rings. The molecule has 0 fully saturated rings. The molecule has 1 N–H and O–H groups in total. The highest BCUT2D eigenvalue weighted by atomic mass is 19.4. The molecule has 0 saturated carbocycles. The molecule has 7 heteroatoms. The van der Waals surface area contributed by atoms with E-state index in [1.807, 2.05) is 20.9 Å². The molecule has 0 atom stereocenters. The number of pyridine rings is 1. The van der Waals surface area contributed by atoms with Gasteiger partial charge in [0.1, 0.15) is 5.82 Å². The van der Waals surface area contributed by atoms with Crippen molar-refractivity contribution in [2.24, 2.45) is 7.05 Å². The molecule has 108 valence electrons. The highest BCUT2D eigenvalue weighted by Gasteiger charge is 2.30. The summed E-state index contributed by atoms with van der Waals surface area (Å²) in [5.74, 6) is 0.403. The standard InChI is InChI=1S/C13H15F3N4/c1-8-11(9(2)20(3)19-8)7-18-12-5-4-10(6-17-12)13(14,15)16/h4-6H,7H2,1-3H3,(H,17,18). The Morgan fingerprint density at radius 2 is 1.95 bits per heavy atom. The quantitative estimate of drug-likeness (QED) is 0.942. The van der Waals surface area contributed by atoms with E-state index in [0.717, 1.165) is 29.2 Å². The van der Waals surface area contributed by atoms with Crippen molar-refractivity contribution in [3.8, 4) is 0 Å². The number of nitrogens with zero attached hydrogens (tertiary/aromatic N) is 3. The first-order valence-electron chi connectivity index (χ1n) is 6.05. The van der Waals surface area contributed by atoms with Crippen LogP contribution in [-0.4, -0.2) is 14.8 Å². The van der Waals surface area contributed by atoms with Crippen molar-refractivity contribution in [1.29, 1.82) is 0 Å². The Hall–Kier alpha value is -2.05. The molecule has 0 bridgehead atoms. The molecule has 0 aliphatic heterocycles. The van der Waals surface area contributed by atoms with Crippen LogP contribution in [0.2, 0.25) is 0 Å². The lowest BCUT2D eigenvalue weighted by Gasteiger charge is -2.09. The Morgan fingerprint density at radius 3 is 2.40 bits per heavy atom. The minimum absolute atomic E-state index is 0.403. The third-order valence-corrected chi connectivity index (χ3v) is 3.20. The van der Waals surface area contributed by atoms with Crippen molar-refractivity contribution < 1.29 is 13.2 Å².